The molecular formula is C30H32N4S. The van der Waals surface area contributed by atoms with Gasteiger partial charge in [0.2, 0.25) is 0 Å². The first-order valence-corrected chi connectivity index (χ1v) is 12.7. The van der Waals surface area contributed by atoms with E-state index < -0.39 is 0 Å². The zero-order valence-corrected chi connectivity index (χ0v) is 21.9. The first-order valence-electron chi connectivity index (χ1n) is 12.3. The molecule has 4 aromatic rings. The molecule has 178 valence electrons. The molecule has 2 unspecified atom stereocenters. The summed E-state index contributed by atoms with van der Waals surface area (Å²) in [5.41, 5.74) is 11.0. The van der Waals surface area contributed by atoms with Gasteiger partial charge >= 0.3 is 0 Å². The second-order valence-electron chi connectivity index (χ2n) is 9.43. The Balaban J connectivity index is 1.71. The number of rotatable bonds is 5. The van der Waals surface area contributed by atoms with Crippen molar-refractivity contribution in [1.82, 2.24) is 14.9 Å². The highest BCUT2D eigenvalue weighted by molar-refractivity contribution is 7.80. The third kappa shape index (κ3) is 4.04. The number of anilines is 1. The molecule has 2 atom stereocenters. The maximum atomic E-state index is 5.93. The third-order valence-electron chi connectivity index (χ3n) is 7.12. The maximum Gasteiger partial charge on any atom is 0.174 e. The molecule has 1 fully saturated rings. The number of benzene rings is 2. The van der Waals surface area contributed by atoms with Gasteiger partial charge in [-0.1, -0.05) is 48.9 Å². The van der Waals surface area contributed by atoms with Crippen molar-refractivity contribution in [3.05, 3.63) is 112 Å². The quantitative estimate of drug-likeness (QED) is 0.317. The molecule has 1 aliphatic heterocycles. The van der Waals surface area contributed by atoms with Crippen molar-refractivity contribution in [3.63, 3.8) is 0 Å². The van der Waals surface area contributed by atoms with Crippen LogP contribution >= 0.6 is 12.2 Å². The minimum atomic E-state index is -0.0542. The highest BCUT2D eigenvalue weighted by Gasteiger charge is 2.42. The van der Waals surface area contributed by atoms with E-state index in [4.69, 9.17) is 17.2 Å². The van der Waals surface area contributed by atoms with Crippen molar-refractivity contribution < 1.29 is 0 Å². The van der Waals surface area contributed by atoms with Crippen LogP contribution < -0.4 is 10.2 Å². The third-order valence-corrected chi connectivity index (χ3v) is 7.44. The van der Waals surface area contributed by atoms with Crippen LogP contribution in [0.15, 0.2) is 72.9 Å². The van der Waals surface area contributed by atoms with Gasteiger partial charge in [-0.3, -0.25) is 4.98 Å². The van der Waals surface area contributed by atoms with Gasteiger partial charge in [0.15, 0.2) is 5.11 Å². The Kier molecular flexibility index (Phi) is 6.20. The molecule has 1 saturated heterocycles. The summed E-state index contributed by atoms with van der Waals surface area (Å²) in [6, 6.07) is 23.6. The lowest BCUT2D eigenvalue weighted by Crippen LogP contribution is -2.29. The second kappa shape index (κ2) is 9.31. The van der Waals surface area contributed by atoms with Gasteiger partial charge in [0, 0.05) is 23.3 Å². The summed E-state index contributed by atoms with van der Waals surface area (Å²) in [6.45, 7) is 11.0. The van der Waals surface area contributed by atoms with Crippen LogP contribution in [0.4, 0.5) is 5.69 Å². The summed E-state index contributed by atoms with van der Waals surface area (Å²) in [7, 11) is 0. The van der Waals surface area contributed by atoms with Crippen LogP contribution in [0, 0.1) is 27.7 Å². The molecule has 4 nitrogen and oxygen atoms in total. The lowest BCUT2D eigenvalue weighted by molar-refractivity contribution is 0.565. The molecule has 5 rings (SSSR count). The number of thiocarbonyl (C=S) groups is 1. The molecule has 35 heavy (non-hydrogen) atoms. The van der Waals surface area contributed by atoms with Crippen molar-refractivity contribution in [2.45, 2.75) is 53.1 Å². The average molecular weight is 481 g/mol. The molecule has 0 bridgehead atoms. The van der Waals surface area contributed by atoms with Crippen LogP contribution in [-0.2, 0) is 6.42 Å². The summed E-state index contributed by atoms with van der Waals surface area (Å²) in [5.74, 6) is 0. The van der Waals surface area contributed by atoms with Crippen molar-refractivity contribution >= 4 is 23.0 Å². The Morgan fingerprint density at radius 3 is 2.40 bits per heavy atom. The van der Waals surface area contributed by atoms with E-state index in [1.165, 1.54) is 39.3 Å². The minimum Gasteiger partial charge on any atom is -0.351 e. The van der Waals surface area contributed by atoms with Gasteiger partial charge in [-0.25, -0.2) is 0 Å². The number of hydrogen-bond donors (Lipinski definition) is 1. The fraction of sp³-hybridized carbons (Fsp3) is 0.267. The van der Waals surface area contributed by atoms with Crippen LogP contribution in [0.3, 0.4) is 0 Å². The molecule has 3 heterocycles. The summed E-state index contributed by atoms with van der Waals surface area (Å²) < 4.78 is 2.42. The van der Waals surface area contributed by atoms with Crippen LogP contribution in [0.2, 0.25) is 0 Å². The Morgan fingerprint density at radius 1 is 0.943 bits per heavy atom. The number of pyridine rings is 1. The molecule has 5 heteroatoms. The summed E-state index contributed by atoms with van der Waals surface area (Å²) >= 11 is 5.93. The molecular weight excluding hydrogens is 448 g/mol. The van der Waals surface area contributed by atoms with Crippen LogP contribution in [0.25, 0.3) is 5.69 Å². The van der Waals surface area contributed by atoms with Crippen molar-refractivity contribution in [1.29, 1.82) is 0 Å². The number of nitrogens with one attached hydrogen (secondary N) is 1. The van der Waals surface area contributed by atoms with Gasteiger partial charge < -0.3 is 14.8 Å². The standard InChI is InChI=1S/C30H32N4S/c1-6-23-11-9-10-20(3)28(23)33-21(4)18-25(22(33)5)29-27(26-12-7-8-17-31-26)32-30(35)34(29)24-15-13-19(2)14-16-24/h7-18,27,29H,6H2,1-5H3,(H,32,35). The molecule has 1 aliphatic rings. The van der Waals surface area contributed by atoms with E-state index in [1.54, 1.807) is 0 Å². The van der Waals surface area contributed by atoms with Gasteiger partial charge in [0.05, 0.1) is 23.5 Å². The Labute approximate surface area is 213 Å². The molecule has 0 saturated carbocycles. The molecule has 0 aliphatic carbocycles. The predicted molar refractivity (Wildman–Crippen MR) is 148 cm³/mol. The SMILES string of the molecule is CCc1cccc(C)c1-n1c(C)cc(C2C(c3ccccn3)NC(=S)N2c2ccc(C)cc2)c1C. The van der Waals surface area contributed by atoms with Crippen LogP contribution in [0.5, 0.6) is 0 Å². The highest BCUT2D eigenvalue weighted by atomic mass is 32.1. The first-order chi connectivity index (χ1) is 16.9. The number of aryl methyl sites for hydroxylation is 4. The lowest BCUT2D eigenvalue weighted by atomic mass is 9.96. The monoisotopic (exact) mass is 480 g/mol. The molecule has 2 aromatic heterocycles. The van der Waals surface area contributed by atoms with E-state index in [-0.39, 0.29) is 12.1 Å². The zero-order valence-electron chi connectivity index (χ0n) is 21.0. The predicted octanol–water partition coefficient (Wildman–Crippen LogP) is 6.85. The number of aromatic nitrogens is 2. The van der Waals surface area contributed by atoms with Crippen molar-refractivity contribution in [2.75, 3.05) is 4.90 Å². The number of para-hydroxylation sites is 1. The van der Waals surface area contributed by atoms with Crippen molar-refractivity contribution in [2.24, 2.45) is 0 Å². The average Bonchev–Trinajstić information content (AvgIpc) is 3.35. The van der Waals surface area contributed by atoms with E-state index in [1.807, 2.05) is 18.3 Å². The van der Waals surface area contributed by atoms with Gasteiger partial charge in [0.25, 0.3) is 0 Å². The Hall–Kier alpha value is -3.44. The molecule has 0 spiro atoms. The van der Waals surface area contributed by atoms with Gasteiger partial charge in [-0.05, 0) is 93.4 Å². The van der Waals surface area contributed by atoms with E-state index in [9.17, 15) is 0 Å². The minimum absolute atomic E-state index is 0.0193. The Morgan fingerprint density at radius 2 is 1.71 bits per heavy atom. The molecule has 2 aromatic carbocycles. The van der Waals surface area contributed by atoms with E-state index in [2.05, 4.69) is 104 Å². The fourth-order valence-electron chi connectivity index (χ4n) is 5.41. The van der Waals surface area contributed by atoms with Crippen molar-refractivity contribution in [3.8, 4) is 5.69 Å². The van der Waals surface area contributed by atoms with Crippen LogP contribution in [0.1, 0.15) is 58.3 Å². The van der Waals surface area contributed by atoms with Crippen LogP contribution in [-0.4, -0.2) is 14.7 Å². The summed E-state index contributed by atoms with van der Waals surface area (Å²) in [5, 5.41) is 4.32. The van der Waals surface area contributed by atoms with Gasteiger partial charge in [0.1, 0.15) is 0 Å². The molecule has 0 radical (unpaired) electrons. The summed E-state index contributed by atoms with van der Waals surface area (Å²) in [6.07, 6.45) is 2.85. The molecule has 1 N–H and O–H groups in total. The van der Waals surface area contributed by atoms with Gasteiger partial charge in [-0.2, -0.15) is 0 Å². The largest absolute Gasteiger partial charge is 0.351 e. The van der Waals surface area contributed by atoms with E-state index in [0.29, 0.717) is 0 Å². The number of nitrogens with zero attached hydrogens (tertiary/aromatic N) is 3. The van der Waals surface area contributed by atoms with E-state index >= 15 is 0 Å². The smallest absolute Gasteiger partial charge is 0.174 e. The lowest BCUT2D eigenvalue weighted by Gasteiger charge is -2.28. The first kappa shape index (κ1) is 23.3. The Bertz CT molecular complexity index is 1370. The maximum absolute atomic E-state index is 5.93. The number of hydrogen-bond acceptors (Lipinski definition) is 2. The highest BCUT2D eigenvalue weighted by Crippen LogP contribution is 2.44. The topological polar surface area (TPSA) is 33.1 Å². The molecule has 0 amide bonds. The zero-order chi connectivity index (χ0) is 24.7. The fourth-order valence-corrected chi connectivity index (χ4v) is 5.76. The summed E-state index contributed by atoms with van der Waals surface area (Å²) in [4.78, 5) is 6.98. The van der Waals surface area contributed by atoms with E-state index in [0.717, 1.165) is 22.9 Å². The second-order valence-corrected chi connectivity index (χ2v) is 9.82. The normalized spacial score (nSPS) is 17.6. The van der Waals surface area contributed by atoms with Gasteiger partial charge in [-0.15, -0.1) is 0 Å².